The molecule has 0 radical (unpaired) electrons. The van der Waals surface area contributed by atoms with Gasteiger partial charge in [-0.1, -0.05) is 29.8 Å². The molecule has 0 N–H and O–H groups in total. The van der Waals surface area contributed by atoms with Crippen molar-refractivity contribution in [2.75, 3.05) is 57.5 Å². The van der Waals surface area contributed by atoms with Crippen LogP contribution in [0.15, 0.2) is 29.3 Å². The van der Waals surface area contributed by atoms with Gasteiger partial charge in [-0.2, -0.15) is 15.0 Å². The topological polar surface area (TPSA) is 102 Å². The van der Waals surface area contributed by atoms with Crippen molar-refractivity contribution in [3.05, 3.63) is 41.2 Å². The minimum Gasteiger partial charge on any atom is -0.461 e. The van der Waals surface area contributed by atoms with Crippen LogP contribution in [-0.4, -0.2) is 84.8 Å². The van der Waals surface area contributed by atoms with E-state index in [2.05, 4.69) is 39.0 Å². The van der Waals surface area contributed by atoms with Crippen molar-refractivity contribution in [2.24, 2.45) is 4.99 Å². The van der Waals surface area contributed by atoms with E-state index in [0.717, 1.165) is 5.56 Å². The van der Waals surface area contributed by atoms with Crippen LogP contribution in [0.5, 0.6) is 6.01 Å². The Balaban J connectivity index is 1.45. The molecular formula is C21H26N6O4. The first-order valence-corrected chi connectivity index (χ1v) is 10.4. The lowest BCUT2D eigenvalue weighted by molar-refractivity contribution is 0.122. The van der Waals surface area contributed by atoms with E-state index in [1.54, 1.807) is 11.1 Å². The zero-order chi connectivity index (χ0) is 21.5. The predicted molar refractivity (Wildman–Crippen MR) is 114 cm³/mol. The fourth-order valence-electron chi connectivity index (χ4n) is 3.31. The molecule has 10 nitrogen and oxygen atoms in total. The zero-order valence-electron chi connectivity index (χ0n) is 17.6. The number of aryl methyl sites for hydroxylation is 1. The second kappa shape index (κ2) is 10.2. The van der Waals surface area contributed by atoms with Crippen LogP contribution in [0, 0.1) is 6.92 Å². The molecule has 31 heavy (non-hydrogen) atoms. The van der Waals surface area contributed by atoms with Crippen molar-refractivity contribution in [3.8, 4) is 6.01 Å². The number of carbonyl (C=O) groups excluding carboxylic acids is 1. The number of aromatic nitrogens is 3. The average Bonchev–Trinajstić information content (AvgIpc) is 3.19. The van der Waals surface area contributed by atoms with Gasteiger partial charge in [0.15, 0.2) is 5.82 Å². The van der Waals surface area contributed by atoms with E-state index in [-0.39, 0.29) is 18.7 Å². The molecule has 1 amide bonds. The summed E-state index contributed by atoms with van der Waals surface area (Å²) in [4.78, 5) is 33.0. The van der Waals surface area contributed by atoms with Crippen LogP contribution < -0.4 is 9.64 Å². The molecule has 2 aliphatic heterocycles. The first-order chi connectivity index (χ1) is 15.2. The van der Waals surface area contributed by atoms with Crippen molar-refractivity contribution in [3.63, 3.8) is 0 Å². The third kappa shape index (κ3) is 5.88. The molecular weight excluding hydrogens is 400 g/mol. The summed E-state index contributed by atoms with van der Waals surface area (Å²) >= 11 is 0. The Morgan fingerprint density at radius 3 is 2.81 bits per heavy atom. The van der Waals surface area contributed by atoms with Gasteiger partial charge in [-0.15, -0.1) is 0 Å². The summed E-state index contributed by atoms with van der Waals surface area (Å²) in [7, 11) is 0. The monoisotopic (exact) mass is 426 g/mol. The Kier molecular flexibility index (Phi) is 6.88. The number of anilines is 1. The quantitative estimate of drug-likeness (QED) is 0.585. The summed E-state index contributed by atoms with van der Waals surface area (Å²) in [5, 5.41) is 0. The second-order valence-corrected chi connectivity index (χ2v) is 7.28. The van der Waals surface area contributed by atoms with Crippen LogP contribution >= 0.6 is 0 Å². The van der Waals surface area contributed by atoms with E-state index in [1.807, 2.05) is 17.0 Å². The highest BCUT2D eigenvalue weighted by atomic mass is 16.6. The van der Waals surface area contributed by atoms with Crippen LogP contribution in [0.3, 0.4) is 0 Å². The molecule has 2 saturated heterocycles. The molecule has 0 unspecified atom stereocenters. The maximum atomic E-state index is 11.6. The van der Waals surface area contributed by atoms with Gasteiger partial charge < -0.3 is 24.0 Å². The minimum atomic E-state index is -0.322. The fraction of sp³-hybridized carbons (Fsp3) is 0.476. The number of ether oxygens (including phenoxy) is 3. The second-order valence-electron chi connectivity index (χ2n) is 7.28. The average molecular weight is 426 g/mol. The Morgan fingerprint density at radius 1 is 1.16 bits per heavy atom. The Hall–Kier alpha value is -3.27. The number of rotatable bonds is 8. The number of hydrogen-bond acceptors (Lipinski definition) is 9. The molecule has 2 aromatic rings. The van der Waals surface area contributed by atoms with Crippen molar-refractivity contribution < 1.29 is 19.0 Å². The summed E-state index contributed by atoms with van der Waals surface area (Å²) in [6, 6.07) is 8.42. The standard InChI is InChI=1S/C21H26N6O4/c1-16-3-2-4-17(13-16)14-22-15-18-23-19(26-5-9-29-10-6-26)25-20(24-18)30-11-7-27-8-12-31-21(27)28/h2-4,13,15H,5-12,14H2,1H3. The molecule has 0 atom stereocenters. The molecule has 2 aliphatic rings. The Morgan fingerprint density at radius 2 is 2.03 bits per heavy atom. The number of aliphatic imine (C=N–C) groups is 1. The van der Waals surface area contributed by atoms with Crippen LogP contribution in [0.25, 0.3) is 0 Å². The van der Waals surface area contributed by atoms with Crippen LogP contribution in [0.2, 0.25) is 0 Å². The first-order valence-electron chi connectivity index (χ1n) is 10.4. The van der Waals surface area contributed by atoms with E-state index >= 15 is 0 Å². The van der Waals surface area contributed by atoms with Gasteiger partial charge in [-0.05, 0) is 12.5 Å². The smallest absolute Gasteiger partial charge is 0.410 e. The predicted octanol–water partition coefficient (Wildman–Crippen LogP) is 1.47. The molecule has 0 saturated carbocycles. The van der Waals surface area contributed by atoms with E-state index in [4.69, 9.17) is 14.2 Å². The lowest BCUT2D eigenvalue weighted by Gasteiger charge is -2.26. The van der Waals surface area contributed by atoms with Crippen molar-refractivity contribution in [1.29, 1.82) is 0 Å². The summed E-state index contributed by atoms with van der Waals surface area (Å²) in [6.07, 6.45) is 1.32. The van der Waals surface area contributed by atoms with Gasteiger partial charge in [0.05, 0.1) is 39.1 Å². The van der Waals surface area contributed by atoms with E-state index in [0.29, 0.717) is 64.3 Å². The molecule has 10 heteroatoms. The minimum absolute atomic E-state index is 0.209. The summed E-state index contributed by atoms with van der Waals surface area (Å²) in [5.74, 6) is 0.964. The summed E-state index contributed by atoms with van der Waals surface area (Å²) < 4.78 is 16.1. The number of benzene rings is 1. The van der Waals surface area contributed by atoms with Gasteiger partial charge >= 0.3 is 12.1 Å². The van der Waals surface area contributed by atoms with E-state index in [1.165, 1.54) is 5.56 Å². The molecule has 1 aromatic heterocycles. The maximum Gasteiger partial charge on any atom is 0.410 e. The number of amides is 1. The number of hydrogen-bond donors (Lipinski definition) is 0. The number of nitrogens with zero attached hydrogens (tertiary/aromatic N) is 6. The van der Waals surface area contributed by atoms with Crippen molar-refractivity contribution >= 4 is 18.3 Å². The van der Waals surface area contributed by atoms with Gasteiger partial charge in [0.1, 0.15) is 13.2 Å². The maximum absolute atomic E-state index is 11.6. The largest absolute Gasteiger partial charge is 0.461 e. The lowest BCUT2D eigenvalue weighted by Crippen LogP contribution is -2.37. The number of carbonyl (C=O) groups is 1. The SMILES string of the molecule is Cc1cccc(CN=Cc2nc(OCCN3CCOC3=O)nc(N3CCOCC3)n2)c1. The number of cyclic esters (lactones) is 1. The molecule has 2 fully saturated rings. The van der Waals surface area contributed by atoms with Gasteiger partial charge in [-0.25, -0.2) is 4.79 Å². The van der Waals surface area contributed by atoms with Crippen LogP contribution in [-0.2, 0) is 16.0 Å². The highest BCUT2D eigenvalue weighted by molar-refractivity contribution is 5.75. The molecule has 1 aromatic carbocycles. The van der Waals surface area contributed by atoms with Crippen molar-refractivity contribution in [1.82, 2.24) is 19.9 Å². The van der Waals surface area contributed by atoms with Crippen LogP contribution in [0.1, 0.15) is 17.0 Å². The third-order valence-electron chi connectivity index (χ3n) is 4.91. The molecule has 3 heterocycles. The normalized spacial score (nSPS) is 16.7. The highest BCUT2D eigenvalue weighted by Gasteiger charge is 2.22. The fourth-order valence-corrected chi connectivity index (χ4v) is 3.31. The highest BCUT2D eigenvalue weighted by Crippen LogP contribution is 2.14. The van der Waals surface area contributed by atoms with Gasteiger partial charge in [0, 0.05) is 13.1 Å². The molecule has 4 rings (SSSR count). The van der Waals surface area contributed by atoms with Gasteiger partial charge in [0.2, 0.25) is 5.95 Å². The lowest BCUT2D eigenvalue weighted by atomic mass is 10.1. The third-order valence-corrected chi connectivity index (χ3v) is 4.91. The van der Waals surface area contributed by atoms with Gasteiger partial charge in [0.25, 0.3) is 0 Å². The Labute approximate surface area is 180 Å². The summed E-state index contributed by atoms with van der Waals surface area (Å²) in [5.41, 5.74) is 2.31. The first kappa shape index (κ1) is 21.0. The molecule has 0 spiro atoms. The summed E-state index contributed by atoms with van der Waals surface area (Å²) in [6.45, 7) is 6.88. The molecule has 164 valence electrons. The van der Waals surface area contributed by atoms with Crippen molar-refractivity contribution in [2.45, 2.75) is 13.5 Å². The van der Waals surface area contributed by atoms with E-state index < -0.39 is 0 Å². The number of morpholine rings is 1. The van der Waals surface area contributed by atoms with E-state index in [9.17, 15) is 4.79 Å². The molecule has 0 aliphatic carbocycles. The molecule has 0 bridgehead atoms. The Bertz CT molecular complexity index is 932. The van der Waals surface area contributed by atoms with Crippen LogP contribution in [0.4, 0.5) is 10.7 Å². The van der Waals surface area contributed by atoms with Gasteiger partial charge in [-0.3, -0.25) is 4.99 Å². The zero-order valence-corrected chi connectivity index (χ0v) is 17.6.